The molecule has 1 saturated heterocycles. The van der Waals surface area contributed by atoms with Crippen molar-refractivity contribution in [3.63, 3.8) is 0 Å². The fourth-order valence-electron chi connectivity index (χ4n) is 1.56. The molecule has 0 saturated carbocycles. The Hall–Kier alpha value is -0.840. The van der Waals surface area contributed by atoms with E-state index in [2.05, 4.69) is 5.32 Å². The van der Waals surface area contributed by atoms with Crippen molar-refractivity contribution in [1.82, 2.24) is 5.32 Å². The van der Waals surface area contributed by atoms with Crippen LogP contribution in [0.5, 0.6) is 0 Å². The van der Waals surface area contributed by atoms with Gasteiger partial charge in [-0.3, -0.25) is 0 Å². The van der Waals surface area contributed by atoms with E-state index >= 15 is 0 Å². The van der Waals surface area contributed by atoms with Crippen molar-refractivity contribution in [2.45, 2.75) is 18.6 Å². The maximum absolute atomic E-state index is 9.67. The van der Waals surface area contributed by atoms with Gasteiger partial charge < -0.3 is 19.6 Å². The lowest BCUT2D eigenvalue weighted by Gasteiger charge is -2.13. The quantitative estimate of drug-likeness (QED) is 0.745. The first-order chi connectivity index (χ1) is 6.86. The lowest BCUT2D eigenvalue weighted by atomic mass is 10.2. The molecule has 2 unspecified atom stereocenters. The lowest BCUT2D eigenvalue weighted by molar-refractivity contribution is 0.139. The first-order valence-electron chi connectivity index (χ1n) is 4.89. The number of furan rings is 1. The van der Waals surface area contributed by atoms with E-state index < -0.39 is 6.10 Å². The van der Waals surface area contributed by atoms with Crippen molar-refractivity contribution in [2.75, 3.05) is 19.8 Å². The topological polar surface area (TPSA) is 54.6 Å². The van der Waals surface area contributed by atoms with Crippen LogP contribution in [0.15, 0.2) is 22.8 Å². The molecule has 0 bridgehead atoms. The molecule has 0 radical (unpaired) electrons. The number of nitrogens with one attached hydrogen (secondary N) is 1. The SMILES string of the molecule is OC(CNC1CCOC1)c1ccco1. The van der Waals surface area contributed by atoms with Crippen molar-refractivity contribution in [3.05, 3.63) is 24.2 Å². The van der Waals surface area contributed by atoms with Crippen LogP contribution >= 0.6 is 0 Å². The summed E-state index contributed by atoms with van der Waals surface area (Å²) in [6.07, 6.45) is 2.02. The molecule has 2 atom stereocenters. The van der Waals surface area contributed by atoms with Crippen LogP contribution in [0, 0.1) is 0 Å². The molecular weight excluding hydrogens is 182 g/mol. The molecule has 1 aromatic rings. The summed E-state index contributed by atoms with van der Waals surface area (Å²) in [6, 6.07) is 3.92. The Morgan fingerprint density at radius 3 is 3.21 bits per heavy atom. The summed E-state index contributed by atoms with van der Waals surface area (Å²) < 4.78 is 10.3. The number of aliphatic hydroxyl groups excluding tert-OH is 1. The molecule has 0 aromatic carbocycles. The van der Waals surface area contributed by atoms with Gasteiger partial charge in [-0.1, -0.05) is 0 Å². The molecule has 14 heavy (non-hydrogen) atoms. The Morgan fingerprint density at radius 1 is 1.64 bits per heavy atom. The number of aliphatic hydroxyl groups is 1. The second-order valence-corrected chi connectivity index (χ2v) is 3.50. The average Bonchev–Trinajstić information content (AvgIpc) is 2.87. The van der Waals surface area contributed by atoms with Crippen molar-refractivity contribution >= 4 is 0 Å². The van der Waals surface area contributed by atoms with E-state index in [4.69, 9.17) is 9.15 Å². The summed E-state index contributed by atoms with van der Waals surface area (Å²) in [5.74, 6) is 0.608. The first-order valence-corrected chi connectivity index (χ1v) is 4.89. The zero-order valence-corrected chi connectivity index (χ0v) is 7.98. The van der Waals surface area contributed by atoms with E-state index in [1.54, 1.807) is 18.4 Å². The van der Waals surface area contributed by atoms with Crippen LogP contribution in [-0.2, 0) is 4.74 Å². The van der Waals surface area contributed by atoms with Gasteiger partial charge in [0.1, 0.15) is 11.9 Å². The van der Waals surface area contributed by atoms with Crippen LogP contribution in [0.2, 0.25) is 0 Å². The molecule has 4 nitrogen and oxygen atoms in total. The van der Waals surface area contributed by atoms with Crippen LogP contribution in [0.3, 0.4) is 0 Å². The van der Waals surface area contributed by atoms with Gasteiger partial charge in [0.05, 0.1) is 12.9 Å². The Labute approximate surface area is 82.9 Å². The smallest absolute Gasteiger partial charge is 0.133 e. The van der Waals surface area contributed by atoms with Crippen molar-refractivity contribution in [1.29, 1.82) is 0 Å². The standard InChI is InChI=1S/C10H15NO3/c12-9(10-2-1-4-14-10)6-11-8-3-5-13-7-8/h1-2,4,8-9,11-12H,3,5-7H2. The highest BCUT2D eigenvalue weighted by Gasteiger charge is 2.17. The largest absolute Gasteiger partial charge is 0.467 e. The van der Waals surface area contributed by atoms with E-state index in [0.717, 1.165) is 19.6 Å². The van der Waals surface area contributed by atoms with E-state index in [0.29, 0.717) is 18.3 Å². The van der Waals surface area contributed by atoms with Gasteiger partial charge in [-0.2, -0.15) is 0 Å². The molecule has 1 fully saturated rings. The predicted molar refractivity (Wildman–Crippen MR) is 50.9 cm³/mol. The van der Waals surface area contributed by atoms with Gasteiger partial charge >= 0.3 is 0 Å². The van der Waals surface area contributed by atoms with E-state index in [-0.39, 0.29) is 0 Å². The van der Waals surface area contributed by atoms with Crippen LogP contribution < -0.4 is 5.32 Å². The van der Waals surface area contributed by atoms with Crippen LogP contribution in [-0.4, -0.2) is 30.9 Å². The molecule has 78 valence electrons. The Balaban J connectivity index is 1.74. The first kappa shape index (κ1) is 9.71. The van der Waals surface area contributed by atoms with E-state index in [1.807, 2.05) is 0 Å². The Morgan fingerprint density at radius 2 is 2.57 bits per heavy atom. The molecule has 0 spiro atoms. The summed E-state index contributed by atoms with van der Waals surface area (Å²) in [5, 5.41) is 12.9. The molecule has 1 aliphatic heterocycles. The third kappa shape index (κ3) is 2.35. The van der Waals surface area contributed by atoms with E-state index in [1.165, 1.54) is 0 Å². The Kier molecular flexibility index (Phi) is 3.18. The van der Waals surface area contributed by atoms with Crippen LogP contribution in [0.1, 0.15) is 18.3 Å². The van der Waals surface area contributed by atoms with Crippen molar-refractivity contribution in [3.8, 4) is 0 Å². The van der Waals surface area contributed by atoms with Gasteiger partial charge in [-0.25, -0.2) is 0 Å². The van der Waals surface area contributed by atoms with Gasteiger partial charge in [0.25, 0.3) is 0 Å². The molecule has 2 heterocycles. The number of hydrogen-bond donors (Lipinski definition) is 2. The zero-order chi connectivity index (χ0) is 9.80. The highest BCUT2D eigenvalue weighted by atomic mass is 16.5. The third-order valence-electron chi connectivity index (χ3n) is 2.40. The zero-order valence-electron chi connectivity index (χ0n) is 7.98. The molecule has 2 rings (SSSR count). The maximum atomic E-state index is 9.67. The maximum Gasteiger partial charge on any atom is 0.133 e. The second-order valence-electron chi connectivity index (χ2n) is 3.50. The predicted octanol–water partition coefficient (Wildman–Crippen LogP) is 0.691. The summed E-state index contributed by atoms with van der Waals surface area (Å²) in [5.41, 5.74) is 0. The van der Waals surface area contributed by atoms with Crippen molar-refractivity contribution in [2.24, 2.45) is 0 Å². The minimum absolute atomic E-state index is 0.375. The van der Waals surface area contributed by atoms with Gasteiger partial charge in [0, 0.05) is 19.2 Å². The van der Waals surface area contributed by atoms with E-state index in [9.17, 15) is 5.11 Å². The number of hydrogen-bond acceptors (Lipinski definition) is 4. The van der Waals surface area contributed by atoms with Crippen LogP contribution in [0.4, 0.5) is 0 Å². The molecule has 2 N–H and O–H groups in total. The fourth-order valence-corrected chi connectivity index (χ4v) is 1.56. The molecule has 0 amide bonds. The molecule has 1 aromatic heterocycles. The lowest BCUT2D eigenvalue weighted by Crippen LogP contribution is -2.32. The van der Waals surface area contributed by atoms with Gasteiger partial charge in [0.15, 0.2) is 0 Å². The molecule has 0 aliphatic carbocycles. The molecular formula is C10H15NO3. The highest BCUT2D eigenvalue weighted by Crippen LogP contribution is 2.12. The monoisotopic (exact) mass is 197 g/mol. The number of ether oxygens (including phenoxy) is 1. The van der Waals surface area contributed by atoms with Crippen molar-refractivity contribution < 1.29 is 14.3 Å². The number of rotatable bonds is 4. The summed E-state index contributed by atoms with van der Waals surface area (Å²) in [6.45, 7) is 2.07. The van der Waals surface area contributed by atoms with Gasteiger partial charge in [-0.15, -0.1) is 0 Å². The summed E-state index contributed by atoms with van der Waals surface area (Å²) in [7, 11) is 0. The van der Waals surface area contributed by atoms with Gasteiger partial charge in [-0.05, 0) is 18.6 Å². The average molecular weight is 197 g/mol. The minimum Gasteiger partial charge on any atom is -0.467 e. The van der Waals surface area contributed by atoms with Crippen LogP contribution in [0.25, 0.3) is 0 Å². The van der Waals surface area contributed by atoms with Gasteiger partial charge in [0.2, 0.25) is 0 Å². The molecule has 4 heteroatoms. The Bertz CT molecular complexity index is 254. The summed E-state index contributed by atoms with van der Waals surface area (Å²) in [4.78, 5) is 0. The second kappa shape index (κ2) is 4.59. The fraction of sp³-hybridized carbons (Fsp3) is 0.600. The normalized spacial score (nSPS) is 23.9. The third-order valence-corrected chi connectivity index (χ3v) is 2.40. The molecule has 1 aliphatic rings. The minimum atomic E-state index is -0.564. The highest BCUT2D eigenvalue weighted by molar-refractivity contribution is 5.02. The summed E-state index contributed by atoms with van der Waals surface area (Å²) >= 11 is 0.